The molecular formula is C15H14N4O6. The maximum Gasteiger partial charge on any atom is 0.300 e. The largest absolute Gasteiger partial charge is 0.344 e. The number of nitrogens with one attached hydrogen (secondary N) is 2. The Kier molecular flexibility index (Phi) is 4.94. The van der Waals surface area contributed by atoms with Crippen LogP contribution in [0.4, 0.5) is 22.7 Å². The molecule has 0 saturated carbocycles. The van der Waals surface area contributed by atoms with Gasteiger partial charge in [-0.2, -0.15) is 0 Å². The molecule has 2 aromatic rings. The van der Waals surface area contributed by atoms with Crippen molar-refractivity contribution in [2.75, 3.05) is 5.32 Å². The molecule has 10 nitrogen and oxygen atoms in total. The molecule has 130 valence electrons. The summed E-state index contributed by atoms with van der Waals surface area (Å²) in [5.74, 6) is -1.09. The van der Waals surface area contributed by atoms with Gasteiger partial charge >= 0.3 is 11.4 Å². The molecule has 0 spiro atoms. The molecule has 0 aliphatic carbocycles. The Morgan fingerprint density at radius 2 is 1.64 bits per heavy atom. The molecule has 2 aromatic carbocycles. The molecule has 0 aromatic heterocycles. The summed E-state index contributed by atoms with van der Waals surface area (Å²) in [5.41, 5.74) is 1.34. The number of nitrogens with zero attached hydrogens (tertiary/aromatic N) is 2. The summed E-state index contributed by atoms with van der Waals surface area (Å²) in [6, 6.07) is 6.87. The topological polar surface area (TPSA) is 148 Å². The Hall–Kier alpha value is -3.53. The van der Waals surface area contributed by atoms with Gasteiger partial charge in [0.2, 0.25) is 0 Å². The lowest BCUT2D eigenvalue weighted by Gasteiger charge is -2.12. The third-order valence-corrected chi connectivity index (χ3v) is 3.72. The van der Waals surface area contributed by atoms with Gasteiger partial charge in [-0.25, -0.2) is 5.48 Å². The smallest absolute Gasteiger partial charge is 0.300 e. The molecule has 0 radical (unpaired) electrons. The van der Waals surface area contributed by atoms with Gasteiger partial charge in [-0.15, -0.1) is 0 Å². The van der Waals surface area contributed by atoms with Gasteiger partial charge in [-0.3, -0.25) is 30.2 Å². The van der Waals surface area contributed by atoms with Crippen LogP contribution >= 0.6 is 0 Å². The molecule has 0 aliphatic rings. The number of carbonyl (C=O) groups is 1. The van der Waals surface area contributed by atoms with Gasteiger partial charge in [0.05, 0.1) is 15.4 Å². The molecule has 3 N–H and O–H groups in total. The fraction of sp³-hybridized carbons (Fsp3) is 0.133. The summed E-state index contributed by atoms with van der Waals surface area (Å²) in [7, 11) is 0. The molecule has 0 heterocycles. The highest BCUT2D eigenvalue weighted by Crippen LogP contribution is 2.38. The van der Waals surface area contributed by atoms with Crippen molar-refractivity contribution >= 4 is 28.7 Å². The average molecular weight is 346 g/mol. The second kappa shape index (κ2) is 6.93. The van der Waals surface area contributed by atoms with Crippen molar-refractivity contribution < 1.29 is 19.8 Å². The van der Waals surface area contributed by atoms with E-state index in [1.54, 1.807) is 19.1 Å². The number of hydroxylamine groups is 1. The van der Waals surface area contributed by atoms with E-state index in [1.165, 1.54) is 5.48 Å². The average Bonchev–Trinajstić information content (AvgIpc) is 2.57. The first-order valence-electron chi connectivity index (χ1n) is 7.00. The maximum absolute atomic E-state index is 11.5. The molecular weight excluding hydrogens is 332 g/mol. The second-order valence-electron chi connectivity index (χ2n) is 5.22. The molecule has 0 unspecified atom stereocenters. The summed E-state index contributed by atoms with van der Waals surface area (Å²) < 4.78 is 0. The number of hydrogen-bond acceptors (Lipinski definition) is 7. The Bertz CT molecular complexity index is 845. The maximum atomic E-state index is 11.5. The first-order chi connectivity index (χ1) is 11.8. The second-order valence-corrected chi connectivity index (χ2v) is 5.22. The highest BCUT2D eigenvalue weighted by atomic mass is 16.6. The number of carbonyl (C=O) groups excluding carboxylic acids is 1. The first kappa shape index (κ1) is 17.8. The highest BCUT2D eigenvalue weighted by Gasteiger charge is 2.29. The van der Waals surface area contributed by atoms with E-state index in [9.17, 15) is 25.0 Å². The molecule has 10 heteroatoms. The van der Waals surface area contributed by atoms with Gasteiger partial charge in [0.1, 0.15) is 0 Å². The zero-order valence-corrected chi connectivity index (χ0v) is 13.3. The van der Waals surface area contributed by atoms with Crippen molar-refractivity contribution in [1.82, 2.24) is 5.48 Å². The number of nitro benzene ring substituents is 2. The molecule has 1 amide bonds. The highest BCUT2D eigenvalue weighted by molar-refractivity contribution is 5.97. The van der Waals surface area contributed by atoms with Crippen molar-refractivity contribution in [3.8, 4) is 0 Å². The monoisotopic (exact) mass is 346 g/mol. The van der Waals surface area contributed by atoms with E-state index in [0.29, 0.717) is 5.69 Å². The van der Waals surface area contributed by atoms with Crippen LogP contribution in [0.15, 0.2) is 30.3 Å². The van der Waals surface area contributed by atoms with Gasteiger partial charge in [-0.05, 0) is 31.0 Å². The molecule has 2 rings (SSSR count). The number of benzene rings is 2. The minimum Gasteiger partial charge on any atom is -0.344 e. The Labute approximate surface area is 141 Å². The molecule has 0 atom stereocenters. The Morgan fingerprint density at radius 1 is 1.08 bits per heavy atom. The predicted molar refractivity (Wildman–Crippen MR) is 88.2 cm³/mol. The van der Waals surface area contributed by atoms with Gasteiger partial charge < -0.3 is 5.32 Å². The standard InChI is InChI=1S/C15H14N4O6/c1-8-4-3-5-11(9(8)2)16-14-12(18(22)23)6-10(15(20)17-21)7-13(14)19(24)25/h3-7,16,21H,1-2H3,(H,17,20). The summed E-state index contributed by atoms with van der Waals surface area (Å²) in [5, 5.41) is 34.1. The number of anilines is 2. The third kappa shape index (κ3) is 3.53. The minimum absolute atomic E-state index is 0.349. The van der Waals surface area contributed by atoms with Crippen LogP contribution in [0.5, 0.6) is 0 Å². The van der Waals surface area contributed by atoms with Crippen LogP contribution in [0.2, 0.25) is 0 Å². The molecule has 0 saturated heterocycles. The van der Waals surface area contributed by atoms with Gasteiger partial charge in [0, 0.05) is 17.8 Å². The normalized spacial score (nSPS) is 10.2. The van der Waals surface area contributed by atoms with Crippen LogP contribution in [-0.4, -0.2) is 21.0 Å². The lowest BCUT2D eigenvalue weighted by Crippen LogP contribution is -2.19. The van der Waals surface area contributed by atoms with Crippen molar-refractivity contribution in [3.63, 3.8) is 0 Å². The minimum atomic E-state index is -1.09. The van der Waals surface area contributed by atoms with Crippen LogP contribution in [0, 0.1) is 34.1 Å². The van der Waals surface area contributed by atoms with Crippen LogP contribution < -0.4 is 10.8 Å². The predicted octanol–water partition coefficient (Wildman–Crippen LogP) is 2.98. The number of amides is 1. The Morgan fingerprint density at radius 3 is 2.12 bits per heavy atom. The van der Waals surface area contributed by atoms with Crippen LogP contribution in [0.3, 0.4) is 0 Å². The van der Waals surface area contributed by atoms with Crippen LogP contribution in [-0.2, 0) is 0 Å². The van der Waals surface area contributed by atoms with E-state index >= 15 is 0 Å². The lowest BCUT2D eigenvalue weighted by atomic mass is 10.1. The summed E-state index contributed by atoms with van der Waals surface area (Å²) in [6.45, 7) is 3.60. The first-order valence-corrected chi connectivity index (χ1v) is 7.00. The quantitative estimate of drug-likeness (QED) is 0.428. The van der Waals surface area contributed by atoms with Crippen molar-refractivity contribution in [1.29, 1.82) is 0 Å². The van der Waals surface area contributed by atoms with Crippen molar-refractivity contribution in [2.24, 2.45) is 0 Å². The third-order valence-electron chi connectivity index (χ3n) is 3.72. The van der Waals surface area contributed by atoms with E-state index in [2.05, 4.69) is 5.32 Å². The summed E-state index contributed by atoms with van der Waals surface area (Å²) in [4.78, 5) is 32.5. The molecule has 25 heavy (non-hydrogen) atoms. The molecule has 0 fully saturated rings. The number of hydrogen-bond donors (Lipinski definition) is 3. The van der Waals surface area contributed by atoms with Gasteiger partial charge in [0.15, 0.2) is 5.69 Å². The zero-order chi connectivity index (χ0) is 18.7. The van der Waals surface area contributed by atoms with E-state index in [4.69, 9.17) is 5.21 Å². The van der Waals surface area contributed by atoms with E-state index in [1.807, 2.05) is 13.0 Å². The Balaban J connectivity index is 2.70. The van der Waals surface area contributed by atoms with E-state index < -0.39 is 32.7 Å². The van der Waals surface area contributed by atoms with Gasteiger partial charge in [-0.1, -0.05) is 12.1 Å². The number of rotatable bonds is 5. The fourth-order valence-electron chi connectivity index (χ4n) is 2.24. The van der Waals surface area contributed by atoms with E-state index in [-0.39, 0.29) is 5.69 Å². The molecule has 0 aliphatic heterocycles. The fourth-order valence-corrected chi connectivity index (χ4v) is 2.24. The summed E-state index contributed by atoms with van der Waals surface area (Å²) in [6.07, 6.45) is 0. The SMILES string of the molecule is Cc1cccc(Nc2c([N+](=O)[O-])cc(C(=O)NO)cc2[N+](=O)[O-])c1C. The number of nitro groups is 2. The zero-order valence-electron chi connectivity index (χ0n) is 13.3. The van der Waals surface area contributed by atoms with Crippen LogP contribution in [0.1, 0.15) is 21.5 Å². The van der Waals surface area contributed by atoms with E-state index in [0.717, 1.165) is 23.3 Å². The molecule has 0 bridgehead atoms. The lowest BCUT2D eigenvalue weighted by molar-refractivity contribution is -0.392. The number of aryl methyl sites for hydroxylation is 1. The van der Waals surface area contributed by atoms with Crippen molar-refractivity contribution in [3.05, 3.63) is 67.3 Å². The van der Waals surface area contributed by atoms with Crippen molar-refractivity contribution in [2.45, 2.75) is 13.8 Å². The van der Waals surface area contributed by atoms with Gasteiger partial charge in [0.25, 0.3) is 5.91 Å². The van der Waals surface area contributed by atoms with Crippen LogP contribution in [0.25, 0.3) is 0 Å². The summed E-state index contributed by atoms with van der Waals surface area (Å²) >= 11 is 0.